The number of aliphatic hydroxyl groups excluding tert-OH is 1. The number of hydrogen-bond acceptors (Lipinski definition) is 10. The van der Waals surface area contributed by atoms with E-state index in [-0.39, 0.29) is 35.7 Å². The lowest BCUT2D eigenvalue weighted by molar-refractivity contribution is 0.0906. The molecule has 13 nitrogen and oxygen atoms in total. The van der Waals surface area contributed by atoms with E-state index in [1.165, 1.54) is 24.3 Å². The Hall–Kier alpha value is -3.85. The molecule has 35 heavy (non-hydrogen) atoms. The minimum atomic E-state index is -4.30. The Kier molecular flexibility index (Phi) is 7.36. The summed E-state index contributed by atoms with van der Waals surface area (Å²) in [4.78, 5) is 29.9. The van der Waals surface area contributed by atoms with Gasteiger partial charge in [-0.05, 0) is 48.9 Å². The number of aromatic amines is 2. The van der Waals surface area contributed by atoms with Crippen LogP contribution in [0.1, 0.15) is 12.2 Å². The smallest absolute Gasteiger partial charge is 0.323 e. The second kappa shape index (κ2) is 10.6. The number of aryl methyl sites for hydroxylation is 1. The van der Waals surface area contributed by atoms with E-state index in [0.717, 1.165) is 0 Å². The molecule has 184 valence electrons. The molecule has 0 amide bonds. The molecule has 0 aliphatic carbocycles. The average Bonchev–Trinajstić information content (AvgIpc) is 3.18. The Morgan fingerprint density at radius 1 is 0.886 bits per heavy atom. The van der Waals surface area contributed by atoms with E-state index in [4.69, 9.17) is 14.4 Å². The summed E-state index contributed by atoms with van der Waals surface area (Å²) < 4.78 is 37.0. The largest absolute Gasteiger partial charge is 0.394 e. The third kappa shape index (κ3) is 6.60. The summed E-state index contributed by atoms with van der Waals surface area (Å²) in [6.45, 7) is 0.619. The fourth-order valence-electron chi connectivity index (χ4n) is 3.22. The lowest BCUT2D eigenvalue weighted by Gasteiger charge is -2.11. The van der Waals surface area contributed by atoms with Crippen LogP contribution in [-0.4, -0.2) is 62.8 Å². The van der Waals surface area contributed by atoms with Gasteiger partial charge in [0.15, 0.2) is 0 Å². The van der Waals surface area contributed by atoms with E-state index in [0.29, 0.717) is 47.7 Å². The van der Waals surface area contributed by atoms with Gasteiger partial charge in [-0.15, -0.1) is 0 Å². The van der Waals surface area contributed by atoms with Crippen LogP contribution in [0.5, 0.6) is 0 Å². The zero-order valence-corrected chi connectivity index (χ0v) is 19.2. The first kappa shape index (κ1) is 24.3. The summed E-state index contributed by atoms with van der Waals surface area (Å²) in [6.07, 6.45) is 1.09. The van der Waals surface area contributed by atoms with Gasteiger partial charge in [0, 0.05) is 24.4 Å². The van der Waals surface area contributed by atoms with Gasteiger partial charge in [0.25, 0.3) is 10.1 Å². The van der Waals surface area contributed by atoms with Gasteiger partial charge >= 0.3 is 5.69 Å². The third-order valence-electron chi connectivity index (χ3n) is 4.79. The van der Waals surface area contributed by atoms with Crippen molar-refractivity contribution in [2.45, 2.75) is 17.7 Å². The van der Waals surface area contributed by atoms with E-state index in [9.17, 15) is 13.2 Å². The fraction of sp³-hybridized carbons (Fsp3) is 0.238. The first-order valence-electron chi connectivity index (χ1n) is 10.6. The monoisotopic (exact) mass is 501 g/mol. The number of nitrogens with one attached hydrogen (secondary N) is 4. The standard InChI is InChI=1S/C21H23N7O6S/c29-9-11-34-10-1-2-18-26-19(22-13-3-6-15(7-4-13)35(31,32)33)28-20(27-18)23-14-5-8-16-17(12-14)25-21(30)24-16/h3-8,12,29H,1-2,9-11H2,(H2,24,25,30)(H,31,32,33)(H2,22,23,26,27,28). The van der Waals surface area contributed by atoms with E-state index in [1.54, 1.807) is 18.2 Å². The molecule has 2 heterocycles. The molecule has 0 bridgehead atoms. The van der Waals surface area contributed by atoms with Gasteiger partial charge in [-0.1, -0.05) is 0 Å². The molecule has 6 N–H and O–H groups in total. The van der Waals surface area contributed by atoms with Crippen molar-refractivity contribution in [1.82, 2.24) is 24.9 Å². The highest BCUT2D eigenvalue weighted by Crippen LogP contribution is 2.21. The molecule has 0 spiro atoms. The molecular formula is C21H23N7O6S. The highest BCUT2D eigenvalue weighted by atomic mass is 32.2. The highest BCUT2D eigenvalue weighted by molar-refractivity contribution is 7.85. The average molecular weight is 502 g/mol. The second-order valence-electron chi connectivity index (χ2n) is 7.43. The predicted molar refractivity (Wildman–Crippen MR) is 128 cm³/mol. The highest BCUT2D eigenvalue weighted by Gasteiger charge is 2.11. The van der Waals surface area contributed by atoms with Crippen molar-refractivity contribution in [3.8, 4) is 0 Å². The van der Waals surface area contributed by atoms with Crippen LogP contribution in [0.2, 0.25) is 0 Å². The van der Waals surface area contributed by atoms with Crippen LogP contribution in [0.3, 0.4) is 0 Å². The number of hydrogen-bond donors (Lipinski definition) is 6. The molecular weight excluding hydrogens is 478 g/mol. The van der Waals surface area contributed by atoms with Gasteiger partial charge in [0.05, 0.1) is 29.1 Å². The number of H-pyrrole nitrogens is 2. The van der Waals surface area contributed by atoms with Gasteiger partial charge in [-0.25, -0.2) is 4.79 Å². The Bertz CT molecular complexity index is 1470. The molecule has 2 aromatic heterocycles. The summed E-state index contributed by atoms with van der Waals surface area (Å²) in [5.74, 6) is 0.938. The quantitative estimate of drug-likeness (QED) is 0.129. The first-order chi connectivity index (χ1) is 16.8. The molecule has 0 aliphatic heterocycles. The van der Waals surface area contributed by atoms with Crippen molar-refractivity contribution in [2.75, 3.05) is 30.5 Å². The van der Waals surface area contributed by atoms with Crippen LogP contribution >= 0.6 is 0 Å². The Balaban J connectivity index is 1.57. The normalized spacial score (nSPS) is 11.6. The molecule has 4 aromatic rings. The number of benzene rings is 2. The van der Waals surface area contributed by atoms with Gasteiger partial charge in [-0.3, -0.25) is 4.55 Å². The third-order valence-corrected chi connectivity index (χ3v) is 5.65. The molecule has 0 unspecified atom stereocenters. The lowest BCUT2D eigenvalue weighted by Crippen LogP contribution is -2.09. The molecule has 0 atom stereocenters. The van der Waals surface area contributed by atoms with Gasteiger partial charge < -0.3 is 30.4 Å². The van der Waals surface area contributed by atoms with Gasteiger partial charge in [-0.2, -0.15) is 23.4 Å². The molecule has 0 aliphatic rings. The number of ether oxygens (including phenoxy) is 1. The number of aliphatic hydroxyl groups is 1. The number of fused-ring (bicyclic) bond motifs is 1. The summed E-state index contributed by atoms with van der Waals surface area (Å²) >= 11 is 0. The fourth-order valence-corrected chi connectivity index (χ4v) is 3.70. The number of imidazole rings is 1. The van der Waals surface area contributed by atoms with Crippen molar-refractivity contribution < 1.29 is 22.8 Å². The van der Waals surface area contributed by atoms with Crippen molar-refractivity contribution in [1.29, 1.82) is 0 Å². The van der Waals surface area contributed by atoms with Gasteiger partial charge in [0.2, 0.25) is 11.9 Å². The van der Waals surface area contributed by atoms with E-state index >= 15 is 0 Å². The number of nitrogens with zero attached hydrogens (tertiary/aromatic N) is 3. The van der Waals surface area contributed by atoms with E-state index in [2.05, 4.69) is 35.6 Å². The van der Waals surface area contributed by atoms with Crippen molar-refractivity contribution >= 4 is 44.4 Å². The molecule has 0 saturated carbocycles. The topological polar surface area (TPSA) is 195 Å². The van der Waals surface area contributed by atoms with Crippen LogP contribution in [0.15, 0.2) is 52.2 Å². The maximum absolute atomic E-state index is 11.5. The van der Waals surface area contributed by atoms with Crippen LogP contribution in [-0.2, 0) is 21.3 Å². The van der Waals surface area contributed by atoms with Crippen LogP contribution < -0.4 is 16.3 Å². The first-order valence-corrected chi connectivity index (χ1v) is 12.0. The SMILES string of the molecule is O=c1[nH]c2ccc(Nc3nc(CCCOCCO)nc(Nc4ccc(S(=O)(=O)O)cc4)n3)cc2[nH]1. The van der Waals surface area contributed by atoms with Crippen LogP contribution in [0.4, 0.5) is 23.3 Å². The lowest BCUT2D eigenvalue weighted by atomic mass is 10.3. The van der Waals surface area contributed by atoms with Crippen molar-refractivity contribution in [2.24, 2.45) is 0 Å². The Labute approximate surface area is 199 Å². The Morgan fingerprint density at radius 2 is 1.54 bits per heavy atom. The number of anilines is 4. The minimum Gasteiger partial charge on any atom is -0.394 e. The van der Waals surface area contributed by atoms with Crippen molar-refractivity contribution in [3.05, 3.63) is 58.8 Å². The maximum Gasteiger partial charge on any atom is 0.323 e. The molecule has 14 heteroatoms. The molecule has 0 fully saturated rings. The van der Waals surface area contributed by atoms with Gasteiger partial charge in [0.1, 0.15) is 5.82 Å². The number of rotatable bonds is 11. The zero-order chi connectivity index (χ0) is 24.8. The predicted octanol–water partition coefficient (Wildman–Crippen LogP) is 1.72. The van der Waals surface area contributed by atoms with E-state index in [1.807, 2.05) is 0 Å². The van der Waals surface area contributed by atoms with Crippen LogP contribution in [0, 0.1) is 0 Å². The molecule has 0 radical (unpaired) electrons. The van der Waals surface area contributed by atoms with Crippen LogP contribution in [0.25, 0.3) is 11.0 Å². The molecule has 4 rings (SSSR count). The maximum atomic E-state index is 11.5. The summed E-state index contributed by atoms with van der Waals surface area (Å²) in [6, 6.07) is 10.7. The summed E-state index contributed by atoms with van der Waals surface area (Å²) in [5, 5.41) is 14.9. The summed E-state index contributed by atoms with van der Waals surface area (Å²) in [5.41, 5.74) is 2.11. The number of aromatic nitrogens is 5. The second-order valence-corrected chi connectivity index (χ2v) is 8.85. The summed E-state index contributed by atoms with van der Waals surface area (Å²) in [7, 11) is -4.30. The molecule has 2 aromatic carbocycles. The Morgan fingerprint density at radius 3 is 2.23 bits per heavy atom. The zero-order valence-electron chi connectivity index (χ0n) is 18.4. The molecule has 0 saturated heterocycles. The van der Waals surface area contributed by atoms with Crippen molar-refractivity contribution in [3.63, 3.8) is 0 Å². The minimum absolute atomic E-state index is 0.0545. The van der Waals surface area contributed by atoms with E-state index < -0.39 is 10.1 Å².